The molecule has 4 N–H and O–H groups in total. The zero-order chi connectivity index (χ0) is 13.2. The van der Waals surface area contributed by atoms with Crippen molar-refractivity contribution >= 4 is 5.91 Å². The van der Waals surface area contributed by atoms with Gasteiger partial charge in [0.2, 0.25) is 5.91 Å². The number of aliphatic hydroxyl groups excluding tert-OH is 1. The number of carbonyl (C=O) groups excluding carboxylic acids is 1. The van der Waals surface area contributed by atoms with E-state index in [2.05, 4.69) is 26.1 Å². The average molecular weight is 242 g/mol. The molecular weight excluding hydrogens is 216 g/mol. The van der Waals surface area contributed by atoms with E-state index in [0.29, 0.717) is 5.92 Å². The molecule has 0 aromatic rings. The molecular formula is C13H26N2O2. The average Bonchev–Trinajstić information content (AvgIpc) is 2.25. The minimum atomic E-state index is -0.177. The Morgan fingerprint density at radius 2 is 2.12 bits per heavy atom. The molecule has 1 rings (SSSR count). The van der Waals surface area contributed by atoms with E-state index >= 15 is 0 Å². The van der Waals surface area contributed by atoms with Crippen LogP contribution in [0.25, 0.3) is 0 Å². The summed E-state index contributed by atoms with van der Waals surface area (Å²) in [6.45, 7) is 8.14. The van der Waals surface area contributed by atoms with Gasteiger partial charge in [-0.15, -0.1) is 0 Å². The second kappa shape index (κ2) is 5.36. The van der Waals surface area contributed by atoms with Gasteiger partial charge in [0.1, 0.15) is 0 Å². The maximum absolute atomic E-state index is 12.2. The van der Waals surface area contributed by atoms with Gasteiger partial charge in [-0.05, 0) is 31.1 Å². The van der Waals surface area contributed by atoms with Crippen LogP contribution in [-0.2, 0) is 4.79 Å². The normalized spacial score (nSPS) is 34.1. The monoisotopic (exact) mass is 242 g/mol. The SMILES string of the molecule is CC(CO)NC(=O)C1CCC(N)C(C)C1(C)C. The minimum absolute atomic E-state index is 0.00806. The molecule has 1 fully saturated rings. The van der Waals surface area contributed by atoms with E-state index in [4.69, 9.17) is 10.8 Å². The summed E-state index contributed by atoms with van der Waals surface area (Å²) in [5, 5.41) is 11.8. The highest BCUT2D eigenvalue weighted by molar-refractivity contribution is 5.80. The van der Waals surface area contributed by atoms with Gasteiger partial charge in [-0.3, -0.25) is 4.79 Å². The Morgan fingerprint density at radius 1 is 1.53 bits per heavy atom. The molecule has 4 unspecified atom stereocenters. The van der Waals surface area contributed by atoms with Crippen molar-refractivity contribution in [2.75, 3.05) is 6.61 Å². The van der Waals surface area contributed by atoms with E-state index in [9.17, 15) is 4.79 Å². The molecule has 17 heavy (non-hydrogen) atoms. The molecule has 0 saturated heterocycles. The predicted molar refractivity (Wildman–Crippen MR) is 68.3 cm³/mol. The first-order valence-corrected chi connectivity index (χ1v) is 6.47. The molecule has 0 aliphatic heterocycles. The lowest BCUT2D eigenvalue weighted by molar-refractivity contribution is -0.133. The maximum Gasteiger partial charge on any atom is 0.223 e. The van der Waals surface area contributed by atoms with Crippen LogP contribution in [-0.4, -0.2) is 29.7 Å². The van der Waals surface area contributed by atoms with Gasteiger partial charge in [-0.25, -0.2) is 0 Å². The number of aliphatic hydroxyl groups is 1. The van der Waals surface area contributed by atoms with Crippen LogP contribution in [0, 0.1) is 17.3 Å². The standard InChI is InChI=1S/C13H26N2O2/c1-8(7-16)15-12(17)10-5-6-11(14)9(2)13(10,3)4/h8-11,16H,5-7,14H2,1-4H3,(H,15,17). The topological polar surface area (TPSA) is 75.3 Å². The van der Waals surface area contributed by atoms with Crippen LogP contribution in [0.15, 0.2) is 0 Å². The van der Waals surface area contributed by atoms with E-state index in [0.717, 1.165) is 12.8 Å². The van der Waals surface area contributed by atoms with Crippen molar-refractivity contribution in [2.24, 2.45) is 23.0 Å². The van der Waals surface area contributed by atoms with Crippen molar-refractivity contribution in [1.82, 2.24) is 5.32 Å². The van der Waals surface area contributed by atoms with Gasteiger partial charge in [0.15, 0.2) is 0 Å². The smallest absolute Gasteiger partial charge is 0.223 e. The van der Waals surface area contributed by atoms with Crippen LogP contribution < -0.4 is 11.1 Å². The van der Waals surface area contributed by atoms with Gasteiger partial charge >= 0.3 is 0 Å². The number of hydrogen-bond donors (Lipinski definition) is 3. The molecule has 1 aliphatic rings. The second-order valence-electron chi connectivity index (χ2n) is 6.00. The fraction of sp³-hybridized carbons (Fsp3) is 0.923. The van der Waals surface area contributed by atoms with Crippen molar-refractivity contribution < 1.29 is 9.90 Å². The third-order valence-corrected chi connectivity index (χ3v) is 4.48. The van der Waals surface area contributed by atoms with Crippen LogP contribution in [0.1, 0.15) is 40.5 Å². The fourth-order valence-corrected chi connectivity index (χ4v) is 2.71. The van der Waals surface area contributed by atoms with E-state index in [1.807, 2.05) is 6.92 Å². The summed E-state index contributed by atoms with van der Waals surface area (Å²) < 4.78 is 0. The molecule has 0 heterocycles. The number of hydrogen-bond acceptors (Lipinski definition) is 3. The molecule has 0 bridgehead atoms. The molecule has 4 nitrogen and oxygen atoms in total. The number of amides is 1. The van der Waals surface area contributed by atoms with Crippen molar-refractivity contribution in [3.8, 4) is 0 Å². The number of nitrogens with one attached hydrogen (secondary N) is 1. The fourth-order valence-electron chi connectivity index (χ4n) is 2.71. The molecule has 100 valence electrons. The molecule has 4 atom stereocenters. The lowest BCUT2D eigenvalue weighted by atomic mass is 9.61. The van der Waals surface area contributed by atoms with Gasteiger partial charge in [-0.2, -0.15) is 0 Å². The third-order valence-electron chi connectivity index (χ3n) is 4.48. The summed E-state index contributed by atoms with van der Waals surface area (Å²) in [6, 6.07) is 0.00789. The van der Waals surface area contributed by atoms with Crippen LogP contribution in [0.3, 0.4) is 0 Å². The number of nitrogens with two attached hydrogens (primary N) is 1. The summed E-state index contributed by atoms with van der Waals surface area (Å²) >= 11 is 0. The zero-order valence-electron chi connectivity index (χ0n) is 11.4. The van der Waals surface area contributed by atoms with Crippen molar-refractivity contribution in [3.05, 3.63) is 0 Å². The summed E-state index contributed by atoms with van der Waals surface area (Å²) in [5.41, 5.74) is 5.99. The number of carbonyl (C=O) groups is 1. The first-order valence-electron chi connectivity index (χ1n) is 6.47. The van der Waals surface area contributed by atoms with Gasteiger partial charge in [0.25, 0.3) is 0 Å². The molecule has 0 radical (unpaired) electrons. The Labute approximate surface area is 104 Å². The molecule has 1 amide bonds. The van der Waals surface area contributed by atoms with Crippen LogP contribution in [0.2, 0.25) is 0 Å². The minimum Gasteiger partial charge on any atom is -0.394 e. The van der Waals surface area contributed by atoms with Gasteiger partial charge in [0, 0.05) is 18.0 Å². The van der Waals surface area contributed by atoms with Crippen molar-refractivity contribution in [3.63, 3.8) is 0 Å². The summed E-state index contributed by atoms with van der Waals surface area (Å²) in [7, 11) is 0. The second-order valence-corrected chi connectivity index (χ2v) is 6.00. The van der Waals surface area contributed by atoms with E-state index in [-0.39, 0.29) is 35.9 Å². The first kappa shape index (κ1) is 14.5. The number of rotatable bonds is 3. The molecule has 0 spiro atoms. The molecule has 1 saturated carbocycles. The van der Waals surface area contributed by atoms with Crippen molar-refractivity contribution in [2.45, 2.75) is 52.6 Å². The Kier molecular flexibility index (Phi) is 4.55. The van der Waals surface area contributed by atoms with E-state index in [1.165, 1.54) is 0 Å². The Morgan fingerprint density at radius 3 is 2.65 bits per heavy atom. The Balaban J connectivity index is 2.73. The zero-order valence-corrected chi connectivity index (χ0v) is 11.4. The van der Waals surface area contributed by atoms with Crippen molar-refractivity contribution in [1.29, 1.82) is 0 Å². The first-order chi connectivity index (χ1) is 7.80. The van der Waals surface area contributed by atoms with Crippen LogP contribution >= 0.6 is 0 Å². The molecule has 0 aromatic heterocycles. The highest BCUT2D eigenvalue weighted by atomic mass is 16.3. The quantitative estimate of drug-likeness (QED) is 0.688. The maximum atomic E-state index is 12.2. The predicted octanol–water partition coefficient (Wildman–Crippen LogP) is 0.883. The van der Waals surface area contributed by atoms with E-state index in [1.54, 1.807) is 0 Å². The van der Waals surface area contributed by atoms with Crippen LogP contribution in [0.5, 0.6) is 0 Å². The van der Waals surface area contributed by atoms with E-state index < -0.39 is 0 Å². The molecule has 0 aromatic carbocycles. The largest absolute Gasteiger partial charge is 0.394 e. The summed E-state index contributed by atoms with van der Waals surface area (Å²) in [4.78, 5) is 12.2. The van der Waals surface area contributed by atoms with Crippen LogP contribution in [0.4, 0.5) is 0 Å². The summed E-state index contributed by atoms with van der Waals surface area (Å²) in [6.07, 6.45) is 1.73. The lowest BCUT2D eigenvalue weighted by Gasteiger charge is -2.46. The Bertz CT molecular complexity index is 279. The lowest BCUT2D eigenvalue weighted by Crippen LogP contribution is -2.53. The van der Waals surface area contributed by atoms with Gasteiger partial charge in [-0.1, -0.05) is 20.8 Å². The Hall–Kier alpha value is -0.610. The molecule has 1 aliphatic carbocycles. The van der Waals surface area contributed by atoms with Gasteiger partial charge in [0.05, 0.1) is 6.61 Å². The highest BCUT2D eigenvalue weighted by Crippen LogP contribution is 2.44. The summed E-state index contributed by atoms with van der Waals surface area (Å²) in [5.74, 6) is 0.373. The highest BCUT2D eigenvalue weighted by Gasteiger charge is 2.45. The molecule has 4 heteroatoms. The third kappa shape index (κ3) is 2.99. The van der Waals surface area contributed by atoms with Gasteiger partial charge < -0.3 is 16.2 Å².